The summed E-state index contributed by atoms with van der Waals surface area (Å²) in [5.41, 5.74) is 1.78. The van der Waals surface area contributed by atoms with E-state index >= 15 is 0 Å². The van der Waals surface area contributed by atoms with Gasteiger partial charge >= 0.3 is 0 Å². The largest absolute Gasteiger partial charge is 0.395 e. The third-order valence-electron chi connectivity index (χ3n) is 3.30. The van der Waals surface area contributed by atoms with Crippen LogP contribution in [-0.2, 0) is 5.41 Å². The van der Waals surface area contributed by atoms with E-state index in [2.05, 4.69) is 35.6 Å². The topological polar surface area (TPSA) is 32.3 Å². The fraction of sp³-hybridized carbons (Fsp3) is 0.538. The van der Waals surface area contributed by atoms with Crippen LogP contribution in [0.5, 0.6) is 0 Å². The van der Waals surface area contributed by atoms with E-state index in [0.717, 1.165) is 6.54 Å². The van der Waals surface area contributed by atoms with Crippen LogP contribution in [0.3, 0.4) is 0 Å². The zero-order chi connectivity index (χ0) is 10.7. The minimum Gasteiger partial charge on any atom is -0.395 e. The third-order valence-corrected chi connectivity index (χ3v) is 3.30. The Labute approximate surface area is 91.3 Å². The van der Waals surface area contributed by atoms with E-state index in [-0.39, 0.29) is 12.6 Å². The lowest BCUT2D eigenvalue weighted by molar-refractivity contribution is 0.249. The van der Waals surface area contributed by atoms with Gasteiger partial charge in [0.2, 0.25) is 0 Å². The quantitative estimate of drug-likeness (QED) is 0.766. The summed E-state index contributed by atoms with van der Waals surface area (Å²) in [5.74, 6) is 0. The maximum atomic E-state index is 8.96. The van der Waals surface area contributed by atoms with Gasteiger partial charge in [-0.25, -0.2) is 0 Å². The molecule has 82 valence electrons. The average Bonchev–Trinajstić information content (AvgIpc) is 3.08. The standard InChI is InChI=1S/C13H19NO/c1-11(9-15)14-10-13(7-8-13)12-5-3-2-4-6-12/h2-6,11,14-15H,7-10H2,1H3. The second-order valence-electron chi connectivity index (χ2n) is 4.61. The fourth-order valence-corrected chi connectivity index (χ4v) is 1.94. The summed E-state index contributed by atoms with van der Waals surface area (Å²) in [4.78, 5) is 0. The number of benzene rings is 1. The summed E-state index contributed by atoms with van der Waals surface area (Å²) < 4.78 is 0. The molecule has 0 aliphatic heterocycles. The first kappa shape index (κ1) is 10.7. The molecular formula is C13H19NO. The van der Waals surface area contributed by atoms with Gasteiger partial charge in [-0.3, -0.25) is 0 Å². The van der Waals surface area contributed by atoms with E-state index in [4.69, 9.17) is 5.11 Å². The normalized spacial score (nSPS) is 19.9. The monoisotopic (exact) mass is 205 g/mol. The van der Waals surface area contributed by atoms with Crippen molar-refractivity contribution in [3.63, 3.8) is 0 Å². The molecule has 0 heterocycles. The highest BCUT2D eigenvalue weighted by Gasteiger charge is 2.43. The summed E-state index contributed by atoms with van der Waals surface area (Å²) in [6, 6.07) is 10.9. The Kier molecular flexibility index (Phi) is 3.08. The summed E-state index contributed by atoms with van der Waals surface area (Å²) in [5, 5.41) is 12.3. The molecule has 1 aliphatic carbocycles. The van der Waals surface area contributed by atoms with E-state index in [1.807, 2.05) is 6.92 Å². The zero-order valence-electron chi connectivity index (χ0n) is 9.24. The highest BCUT2D eigenvalue weighted by atomic mass is 16.3. The lowest BCUT2D eigenvalue weighted by Gasteiger charge is -2.19. The molecular weight excluding hydrogens is 186 g/mol. The minimum absolute atomic E-state index is 0.200. The fourth-order valence-electron chi connectivity index (χ4n) is 1.94. The van der Waals surface area contributed by atoms with Crippen LogP contribution in [0.15, 0.2) is 30.3 Å². The van der Waals surface area contributed by atoms with Gasteiger partial charge in [0.25, 0.3) is 0 Å². The van der Waals surface area contributed by atoms with Crippen molar-refractivity contribution in [3.05, 3.63) is 35.9 Å². The Morgan fingerprint density at radius 2 is 2.00 bits per heavy atom. The number of aliphatic hydroxyl groups is 1. The summed E-state index contributed by atoms with van der Waals surface area (Å²) in [6.45, 7) is 3.21. The summed E-state index contributed by atoms with van der Waals surface area (Å²) >= 11 is 0. The molecule has 0 amide bonds. The maximum Gasteiger partial charge on any atom is 0.0581 e. The Balaban J connectivity index is 1.97. The second kappa shape index (κ2) is 4.33. The van der Waals surface area contributed by atoms with Crippen LogP contribution >= 0.6 is 0 Å². The molecule has 0 radical (unpaired) electrons. The van der Waals surface area contributed by atoms with E-state index in [1.54, 1.807) is 0 Å². The van der Waals surface area contributed by atoms with Crippen LogP contribution in [0.4, 0.5) is 0 Å². The summed E-state index contributed by atoms with van der Waals surface area (Å²) in [7, 11) is 0. The molecule has 1 aromatic carbocycles. The van der Waals surface area contributed by atoms with Gasteiger partial charge in [0, 0.05) is 18.0 Å². The van der Waals surface area contributed by atoms with Crippen LogP contribution in [0.1, 0.15) is 25.3 Å². The van der Waals surface area contributed by atoms with Crippen molar-refractivity contribution in [2.24, 2.45) is 0 Å². The average molecular weight is 205 g/mol. The smallest absolute Gasteiger partial charge is 0.0581 e. The van der Waals surface area contributed by atoms with Crippen molar-refractivity contribution in [3.8, 4) is 0 Å². The molecule has 1 unspecified atom stereocenters. The molecule has 0 saturated heterocycles. The van der Waals surface area contributed by atoms with Gasteiger partial charge < -0.3 is 10.4 Å². The molecule has 2 heteroatoms. The second-order valence-corrected chi connectivity index (χ2v) is 4.61. The molecule has 0 aromatic heterocycles. The number of nitrogens with one attached hydrogen (secondary N) is 1. The van der Waals surface area contributed by atoms with Gasteiger partial charge in [0.05, 0.1) is 6.61 Å². The molecule has 1 saturated carbocycles. The number of hydrogen-bond donors (Lipinski definition) is 2. The molecule has 2 N–H and O–H groups in total. The van der Waals surface area contributed by atoms with Gasteiger partial charge in [0.15, 0.2) is 0 Å². The third kappa shape index (κ3) is 2.39. The van der Waals surface area contributed by atoms with E-state index in [9.17, 15) is 0 Å². The van der Waals surface area contributed by atoms with Crippen molar-refractivity contribution >= 4 is 0 Å². The van der Waals surface area contributed by atoms with Crippen molar-refractivity contribution in [1.29, 1.82) is 0 Å². The molecule has 2 rings (SSSR count). The molecule has 0 spiro atoms. The Bertz CT molecular complexity index is 306. The van der Waals surface area contributed by atoms with Gasteiger partial charge in [-0.05, 0) is 25.3 Å². The maximum absolute atomic E-state index is 8.96. The SMILES string of the molecule is CC(CO)NCC1(c2ccccc2)CC1. The number of aliphatic hydroxyl groups excluding tert-OH is 1. The predicted octanol–water partition coefficient (Wildman–Crippen LogP) is 1.69. The first-order chi connectivity index (χ1) is 7.27. The van der Waals surface area contributed by atoms with Crippen LogP contribution in [0.2, 0.25) is 0 Å². The highest BCUT2D eigenvalue weighted by molar-refractivity contribution is 5.31. The summed E-state index contributed by atoms with van der Waals surface area (Å²) in [6.07, 6.45) is 2.53. The first-order valence-corrected chi connectivity index (χ1v) is 5.67. The zero-order valence-corrected chi connectivity index (χ0v) is 9.24. The first-order valence-electron chi connectivity index (χ1n) is 5.67. The Hall–Kier alpha value is -0.860. The Morgan fingerprint density at radius 3 is 2.53 bits per heavy atom. The number of rotatable bonds is 5. The van der Waals surface area contributed by atoms with Gasteiger partial charge in [-0.2, -0.15) is 0 Å². The predicted molar refractivity (Wildman–Crippen MR) is 61.9 cm³/mol. The van der Waals surface area contributed by atoms with E-state index in [1.165, 1.54) is 18.4 Å². The van der Waals surface area contributed by atoms with Gasteiger partial charge in [0.1, 0.15) is 0 Å². The van der Waals surface area contributed by atoms with Crippen molar-refractivity contribution < 1.29 is 5.11 Å². The van der Waals surface area contributed by atoms with Crippen molar-refractivity contribution in [2.75, 3.05) is 13.2 Å². The van der Waals surface area contributed by atoms with E-state index < -0.39 is 0 Å². The molecule has 1 aromatic rings. The molecule has 15 heavy (non-hydrogen) atoms. The van der Waals surface area contributed by atoms with Crippen LogP contribution in [0, 0.1) is 0 Å². The highest BCUT2D eigenvalue weighted by Crippen LogP contribution is 2.47. The molecule has 1 aliphatic rings. The lowest BCUT2D eigenvalue weighted by Crippen LogP contribution is -2.35. The minimum atomic E-state index is 0.200. The van der Waals surface area contributed by atoms with E-state index in [0.29, 0.717) is 5.41 Å². The van der Waals surface area contributed by atoms with Crippen LogP contribution in [-0.4, -0.2) is 24.3 Å². The van der Waals surface area contributed by atoms with Crippen LogP contribution < -0.4 is 5.32 Å². The number of hydrogen-bond acceptors (Lipinski definition) is 2. The molecule has 2 nitrogen and oxygen atoms in total. The lowest BCUT2D eigenvalue weighted by atomic mass is 9.96. The van der Waals surface area contributed by atoms with Gasteiger partial charge in [-0.1, -0.05) is 30.3 Å². The Morgan fingerprint density at radius 1 is 1.33 bits per heavy atom. The van der Waals surface area contributed by atoms with Crippen LogP contribution in [0.25, 0.3) is 0 Å². The van der Waals surface area contributed by atoms with Crippen molar-refractivity contribution in [1.82, 2.24) is 5.32 Å². The van der Waals surface area contributed by atoms with Crippen molar-refractivity contribution in [2.45, 2.75) is 31.2 Å². The van der Waals surface area contributed by atoms with Gasteiger partial charge in [-0.15, -0.1) is 0 Å². The molecule has 1 atom stereocenters. The molecule has 0 bridgehead atoms. The molecule has 1 fully saturated rings.